The molecule has 0 spiro atoms. The first-order valence-electron chi connectivity index (χ1n) is 7.17. The molecular weight excluding hydrogens is 320 g/mol. The van der Waals surface area contributed by atoms with E-state index in [9.17, 15) is 4.79 Å². The molecule has 0 aliphatic carbocycles. The Kier molecular flexibility index (Phi) is 3.51. The summed E-state index contributed by atoms with van der Waals surface area (Å²) >= 11 is 6.38. The smallest absolute Gasteiger partial charge is 0.272 e. The van der Waals surface area contributed by atoms with Crippen molar-refractivity contribution in [2.24, 2.45) is 0 Å². The van der Waals surface area contributed by atoms with Gasteiger partial charge in [-0.1, -0.05) is 35.0 Å². The SMILES string of the molecule is O=C(c1[nH]c2ccccc2c1Cl)N1CCOCC1c1ncon1. The standard InChI is InChI=1S/C15H13ClN4O3/c16-12-9-3-1-2-4-10(9)18-13(12)15(21)20-5-6-22-7-11(20)14-17-8-23-19-14/h1-4,8,11,18H,5-7H2. The van der Waals surface area contributed by atoms with Crippen molar-refractivity contribution in [3.05, 3.63) is 47.2 Å². The Hall–Kier alpha value is -2.38. The number of ether oxygens (including phenoxy) is 1. The van der Waals surface area contributed by atoms with E-state index in [2.05, 4.69) is 15.1 Å². The highest BCUT2D eigenvalue weighted by molar-refractivity contribution is 6.38. The highest BCUT2D eigenvalue weighted by atomic mass is 35.5. The van der Waals surface area contributed by atoms with E-state index in [4.69, 9.17) is 20.9 Å². The molecule has 3 aromatic rings. The van der Waals surface area contributed by atoms with Crippen LogP contribution >= 0.6 is 11.6 Å². The van der Waals surface area contributed by atoms with Crippen molar-refractivity contribution in [1.82, 2.24) is 20.0 Å². The van der Waals surface area contributed by atoms with Crippen LogP contribution in [0.25, 0.3) is 10.9 Å². The molecule has 1 amide bonds. The summed E-state index contributed by atoms with van der Waals surface area (Å²) in [7, 11) is 0. The monoisotopic (exact) mass is 332 g/mol. The van der Waals surface area contributed by atoms with E-state index >= 15 is 0 Å². The lowest BCUT2D eigenvalue weighted by Gasteiger charge is -2.33. The maximum Gasteiger partial charge on any atom is 0.272 e. The minimum atomic E-state index is -0.391. The van der Waals surface area contributed by atoms with Crippen molar-refractivity contribution in [2.45, 2.75) is 6.04 Å². The van der Waals surface area contributed by atoms with E-state index in [0.717, 1.165) is 10.9 Å². The van der Waals surface area contributed by atoms with Crippen LogP contribution in [0.5, 0.6) is 0 Å². The first-order chi connectivity index (χ1) is 11.3. The Labute approximate surface area is 136 Å². The molecule has 1 aromatic carbocycles. The molecule has 8 heteroatoms. The first kappa shape index (κ1) is 14.2. The van der Waals surface area contributed by atoms with Gasteiger partial charge < -0.3 is 19.1 Å². The van der Waals surface area contributed by atoms with Crippen molar-refractivity contribution in [1.29, 1.82) is 0 Å². The quantitative estimate of drug-likeness (QED) is 0.779. The van der Waals surface area contributed by atoms with Gasteiger partial charge in [0.25, 0.3) is 5.91 Å². The summed E-state index contributed by atoms with van der Waals surface area (Å²) in [5, 5.41) is 5.07. The molecule has 23 heavy (non-hydrogen) atoms. The summed E-state index contributed by atoms with van der Waals surface area (Å²) in [6, 6.07) is 7.14. The van der Waals surface area contributed by atoms with Crippen molar-refractivity contribution in [2.75, 3.05) is 19.8 Å². The normalized spacial score (nSPS) is 18.5. The van der Waals surface area contributed by atoms with E-state index in [-0.39, 0.29) is 5.91 Å². The zero-order chi connectivity index (χ0) is 15.8. The molecule has 0 saturated carbocycles. The van der Waals surface area contributed by atoms with E-state index in [1.54, 1.807) is 4.90 Å². The van der Waals surface area contributed by atoms with Gasteiger partial charge >= 0.3 is 0 Å². The number of para-hydroxylation sites is 1. The minimum absolute atomic E-state index is 0.204. The van der Waals surface area contributed by atoms with Crippen LogP contribution in [0.1, 0.15) is 22.4 Å². The van der Waals surface area contributed by atoms with Gasteiger partial charge in [-0.3, -0.25) is 4.79 Å². The number of fused-ring (bicyclic) bond motifs is 1. The summed E-state index contributed by atoms with van der Waals surface area (Å²) in [5.41, 5.74) is 1.19. The maximum absolute atomic E-state index is 13.0. The second-order valence-corrected chi connectivity index (χ2v) is 5.62. The number of hydrogen-bond donors (Lipinski definition) is 1. The third kappa shape index (κ3) is 2.38. The lowest BCUT2D eigenvalue weighted by Crippen LogP contribution is -2.44. The second kappa shape index (κ2) is 5.68. The predicted molar refractivity (Wildman–Crippen MR) is 82.2 cm³/mol. The van der Waals surface area contributed by atoms with Gasteiger partial charge in [0.05, 0.1) is 18.2 Å². The number of nitrogens with zero attached hydrogens (tertiary/aromatic N) is 3. The number of aromatic nitrogens is 3. The summed E-state index contributed by atoms with van der Waals surface area (Å²) in [5.74, 6) is 0.217. The van der Waals surface area contributed by atoms with Crippen molar-refractivity contribution in [3.63, 3.8) is 0 Å². The van der Waals surface area contributed by atoms with Gasteiger partial charge in [-0.05, 0) is 6.07 Å². The van der Waals surface area contributed by atoms with E-state index < -0.39 is 6.04 Å². The molecule has 4 rings (SSSR count). The largest absolute Gasteiger partial charge is 0.377 e. The number of H-pyrrole nitrogens is 1. The zero-order valence-electron chi connectivity index (χ0n) is 12.0. The highest BCUT2D eigenvalue weighted by Gasteiger charge is 2.34. The molecule has 1 atom stereocenters. The first-order valence-corrected chi connectivity index (χ1v) is 7.54. The molecule has 1 N–H and O–H groups in total. The number of nitrogens with one attached hydrogen (secondary N) is 1. The highest BCUT2D eigenvalue weighted by Crippen LogP contribution is 2.30. The number of rotatable bonds is 2. The molecule has 1 aliphatic heterocycles. The van der Waals surface area contributed by atoms with Crippen LogP contribution in [0.3, 0.4) is 0 Å². The molecule has 118 valence electrons. The van der Waals surface area contributed by atoms with E-state index in [1.165, 1.54) is 6.39 Å². The Morgan fingerprint density at radius 2 is 2.26 bits per heavy atom. The van der Waals surface area contributed by atoms with Crippen LogP contribution in [0.4, 0.5) is 0 Å². The molecule has 0 bridgehead atoms. The van der Waals surface area contributed by atoms with Crippen molar-refractivity contribution >= 4 is 28.4 Å². The zero-order valence-corrected chi connectivity index (χ0v) is 12.8. The summed E-state index contributed by atoms with van der Waals surface area (Å²) in [6.07, 6.45) is 1.24. The molecule has 1 fully saturated rings. The van der Waals surface area contributed by atoms with Gasteiger partial charge in [0.2, 0.25) is 6.39 Å². The van der Waals surface area contributed by atoms with Crippen LogP contribution in [0.15, 0.2) is 35.2 Å². The Balaban J connectivity index is 1.72. The molecule has 1 aliphatic rings. The van der Waals surface area contributed by atoms with Crippen LogP contribution in [0.2, 0.25) is 5.02 Å². The summed E-state index contributed by atoms with van der Waals surface area (Å²) < 4.78 is 10.2. The average Bonchev–Trinajstić information content (AvgIpc) is 3.23. The van der Waals surface area contributed by atoms with Gasteiger partial charge in [0, 0.05) is 17.4 Å². The molecule has 7 nitrogen and oxygen atoms in total. The fraction of sp³-hybridized carbons (Fsp3) is 0.267. The fourth-order valence-corrected chi connectivity index (χ4v) is 3.08. The third-order valence-corrected chi connectivity index (χ3v) is 4.31. The number of morpholine rings is 1. The Morgan fingerprint density at radius 1 is 1.39 bits per heavy atom. The minimum Gasteiger partial charge on any atom is -0.377 e. The lowest BCUT2D eigenvalue weighted by molar-refractivity contribution is -0.00601. The lowest BCUT2D eigenvalue weighted by atomic mass is 10.2. The number of carbonyl (C=O) groups excluding carboxylic acids is 1. The maximum atomic E-state index is 13.0. The summed E-state index contributed by atoms with van der Waals surface area (Å²) in [6.45, 7) is 1.21. The van der Waals surface area contributed by atoms with E-state index in [1.807, 2.05) is 24.3 Å². The van der Waals surface area contributed by atoms with Crippen LogP contribution in [-0.4, -0.2) is 45.7 Å². The molecule has 1 saturated heterocycles. The van der Waals surface area contributed by atoms with Gasteiger partial charge in [-0.2, -0.15) is 4.98 Å². The van der Waals surface area contributed by atoms with Crippen molar-refractivity contribution < 1.29 is 14.1 Å². The second-order valence-electron chi connectivity index (χ2n) is 5.24. The Morgan fingerprint density at radius 3 is 3.04 bits per heavy atom. The number of halogens is 1. The number of hydrogen-bond acceptors (Lipinski definition) is 5. The van der Waals surface area contributed by atoms with Crippen molar-refractivity contribution in [3.8, 4) is 0 Å². The molecule has 2 aromatic heterocycles. The van der Waals surface area contributed by atoms with Gasteiger partial charge in [0.1, 0.15) is 11.7 Å². The molecule has 0 radical (unpaired) electrons. The third-order valence-electron chi connectivity index (χ3n) is 3.92. The average molecular weight is 333 g/mol. The Bertz CT molecular complexity index is 846. The van der Waals surface area contributed by atoms with Gasteiger partial charge in [-0.15, -0.1) is 0 Å². The van der Waals surface area contributed by atoms with Crippen LogP contribution in [0, 0.1) is 0 Å². The molecule has 1 unspecified atom stereocenters. The number of aromatic amines is 1. The number of benzene rings is 1. The van der Waals surface area contributed by atoms with Gasteiger partial charge in [0.15, 0.2) is 5.82 Å². The van der Waals surface area contributed by atoms with Crippen LogP contribution < -0.4 is 0 Å². The fourth-order valence-electron chi connectivity index (χ4n) is 2.78. The van der Waals surface area contributed by atoms with Crippen LogP contribution in [-0.2, 0) is 4.74 Å². The summed E-state index contributed by atoms with van der Waals surface area (Å²) in [4.78, 5) is 21.8. The topological polar surface area (TPSA) is 84.2 Å². The number of amides is 1. The number of carbonyl (C=O) groups is 1. The molecule has 3 heterocycles. The van der Waals surface area contributed by atoms with Gasteiger partial charge in [-0.25, -0.2) is 0 Å². The van der Waals surface area contributed by atoms with E-state index in [0.29, 0.717) is 36.3 Å². The predicted octanol–water partition coefficient (Wildman–Crippen LogP) is 2.42. The molecular formula is C15H13ClN4O3.